The second-order valence-corrected chi connectivity index (χ2v) is 6.18. The predicted octanol–water partition coefficient (Wildman–Crippen LogP) is 4.12. The first kappa shape index (κ1) is 15.2. The third kappa shape index (κ3) is 3.84. The third-order valence-corrected chi connectivity index (χ3v) is 4.35. The second-order valence-electron chi connectivity index (χ2n) is 6.18. The van der Waals surface area contributed by atoms with Crippen LogP contribution in [0.3, 0.4) is 0 Å². The van der Waals surface area contributed by atoms with Crippen molar-refractivity contribution in [3.8, 4) is 0 Å². The van der Waals surface area contributed by atoms with Crippen LogP contribution in [0.1, 0.15) is 44.4 Å². The third-order valence-electron chi connectivity index (χ3n) is 4.35. The van der Waals surface area contributed by atoms with Crippen LogP contribution in [-0.2, 0) is 6.42 Å². The summed E-state index contributed by atoms with van der Waals surface area (Å²) in [5, 5.41) is 3.52. The zero-order valence-electron chi connectivity index (χ0n) is 12.9. The summed E-state index contributed by atoms with van der Waals surface area (Å²) in [6.07, 6.45) is 1.15. The van der Waals surface area contributed by atoms with E-state index < -0.39 is 0 Å². The number of nitrogens with one attached hydrogen (secondary N) is 1. The average molecular weight is 247 g/mol. The van der Waals surface area contributed by atoms with Gasteiger partial charge >= 0.3 is 0 Å². The maximum absolute atomic E-state index is 3.52. The molecule has 0 radical (unpaired) electrons. The van der Waals surface area contributed by atoms with Crippen LogP contribution in [0.25, 0.3) is 0 Å². The molecule has 102 valence electrons. The highest BCUT2D eigenvalue weighted by Crippen LogP contribution is 2.31. The van der Waals surface area contributed by atoms with Gasteiger partial charge in [0.25, 0.3) is 0 Å². The Labute approximate surface area is 113 Å². The molecule has 1 rings (SSSR count). The Morgan fingerprint density at radius 2 is 1.83 bits per heavy atom. The first-order chi connectivity index (χ1) is 8.39. The lowest BCUT2D eigenvalue weighted by Crippen LogP contribution is -2.37. The molecule has 1 aromatic carbocycles. The van der Waals surface area contributed by atoms with Gasteiger partial charge in [0.1, 0.15) is 0 Å². The normalized spacial score (nSPS) is 14.8. The zero-order valence-corrected chi connectivity index (χ0v) is 12.9. The van der Waals surface area contributed by atoms with Gasteiger partial charge in [-0.3, -0.25) is 0 Å². The molecule has 1 aromatic rings. The molecule has 1 N–H and O–H groups in total. The lowest BCUT2D eigenvalue weighted by atomic mass is 9.74. The lowest BCUT2D eigenvalue weighted by molar-refractivity contribution is 0.209. The van der Waals surface area contributed by atoms with Crippen LogP contribution in [0.4, 0.5) is 0 Å². The van der Waals surface area contributed by atoms with Crippen molar-refractivity contribution in [3.05, 3.63) is 34.9 Å². The van der Waals surface area contributed by atoms with Crippen LogP contribution in [0.2, 0.25) is 0 Å². The summed E-state index contributed by atoms with van der Waals surface area (Å²) in [4.78, 5) is 0. The van der Waals surface area contributed by atoms with Gasteiger partial charge in [-0.2, -0.15) is 0 Å². The smallest absolute Gasteiger partial charge is 0.00107 e. The molecular formula is C17H29N. The van der Waals surface area contributed by atoms with E-state index in [1.165, 1.54) is 16.7 Å². The van der Waals surface area contributed by atoms with Crippen molar-refractivity contribution in [2.24, 2.45) is 11.3 Å². The van der Waals surface area contributed by atoms with Gasteiger partial charge in [0.15, 0.2) is 0 Å². The summed E-state index contributed by atoms with van der Waals surface area (Å²) in [5.41, 5.74) is 4.59. The molecule has 1 atom stereocenters. The van der Waals surface area contributed by atoms with Crippen LogP contribution < -0.4 is 5.32 Å². The number of hydrogen-bond donors (Lipinski definition) is 1. The summed E-state index contributed by atoms with van der Waals surface area (Å²) in [6, 6.07) is 6.88. The quantitative estimate of drug-likeness (QED) is 0.797. The molecule has 0 heterocycles. The minimum Gasteiger partial charge on any atom is -0.316 e. The first-order valence-electron chi connectivity index (χ1n) is 7.16. The fourth-order valence-corrected chi connectivity index (χ4v) is 2.26. The maximum Gasteiger partial charge on any atom is 0.00107 e. The fraction of sp³-hybridized carbons (Fsp3) is 0.647. The van der Waals surface area contributed by atoms with Gasteiger partial charge in [-0.05, 0) is 54.8 Å². The summed E-state index contributed by atoms with van der Waals surface area (Å²) in [6.45, 7) is 15.8. The van der Waals surface area contributed by atoms with Gasteiger partial charge in [0.2, 0.25) is 0 Å². The fourth-order valence-electron chi connectivity index (χ4n) is 2.26. The minimum absolute atomic E-state index is 0.331. The molecule has 0 bridgehead atoms. The van der Waals surface area contributed by atoms with E-state index in [9.17, 15) is 0 Å². The molecule has 0 saturated heterocycles. The Morgan fingerprint density at radius 1 is 1.17 bits per heavy atom. The van der Waals surface area contributed by atoms with E-state index in [0.717, 1.165) is 19.5 Å². The molecule has 1 unspecified atom stereocenters. The standard InChI is InChI=1S/C17H29N/c1-7-18-12-17(6,13(2)3)11-16-9-8-14(4)15(5)10-16/h8-10,13,18H,7,11-12H2,1-6H3. The number of rotatable bonds is 6. The van der Waals surface area contributed by atoms with Gasteiger partial charge in [-0.15, -0.1) is 0 Å². The van der Waals surface area contributed by atoms with Gasteiger partial charge in [0.05, 0.1) is 0 Å². The molecule has 0 saturated carbocycles. The van der Waals surface area contributed by atoms with E-state index in [0.29, 0.717) is 11.3 Å². The average Bonchev–Trinajstić information content (AvgIpc) is 2.31. The molecule has 1 nitrogen and oxygen atoms in total. The van der Waals surface area contributed by atoms with Crippen molar-refractivity contribution in [3.63, 3.8) is 0 Å². The van der Waals surface area contributed by atoms with E-state index in [4.69, 9.17) is 0 Å². The molecule has 0 amide bonds. The lowest BCUT2D eigenvalue weighted by Gasteiger charge is -2.34. The topological polar surface area (TPSA) is 12.0 Å². The summed E-state index contributed by atoms with van der Waals surface area (Å²) >= 11 is 0. The van der Waals surface area contributed by atoms with Crippen LogP contribution in [0, 0.1) is 25.2 Å². The monoisotopic (exact) mass is 247 g/mol. The highest BCUT2D eigenvalue weighted by molar-refractivity contribution is 5.30. The maximum atomic E-state index is 3.52. The molecule has 18 heavy (non-hydrogen) atoms. The number of aryl methyl sites for hydroxylation is 2. The summed E-state index contributed by atoms with van der Waals surface area (Å²) in [7, 11) is 0. The SMILES string of the molecule is CCNCC(C)(Cc1ccc(C)c(C)c1)C(C)C. The predicted molar refractivity (Wildman–Crippen MR) is 81.1 cm³/mol. The molecule has 0 fully saturated rings. The van der Waals surface area contributed by atoms with Crippen LogP contribution in [0.15, 0.2) is 18.2 Å². The minimum atomic E-state index is 0.331. The van der Waals surface area contributed by atoms with Gasteiger partial charge in [0, 0.05) is 6.54 Å². The van der Waals surface area contributed by atoms with Gasteiger partial charge < -0.3 is 5.32 Å². The zero-order chi connectivity index (χ0) is 13.8. The van der Waals surface area contributed by atoms with E-state index in [1.54, 1.807) is 0 Å². The number of benzene rings is 1. The highest BCUT2D eigenvalue weighted by Gasteiger charge is 2.28. The van der Waals surface area contributed by atoms with Gasteiger partial charge in [-0.25, -0.2) is 0 Å². The molecule has 1 heteroatoms. The molecule has 0 aliphatic rings. The van der Waals surface area contributed by atoms with Crippen molar-refractivity contribution in [2.45, 2.75) is 48.0 Å². The first-order valence-corrected chi connectivity index (χ1v) is 7.16. The van der Waals surface area contributed by atoms with E-state index in [-0.39, 0.29) is 0 Å². The Hall–Kier alpha value is -0.820. The van der Waals surface area contributed by atoms with Crippen molar-refractivity contribution in [1.82, 2.24) is 5.32 Å². The second kappa shape index (κ2) is 6.38. The Balaban J connectivity index is 2.85. The van der Waals surface area contributed by atoms with Crippen molar-refractivity contribution < 1.29 is 0 Å². The molecule has 0 aliphatic heterocycles. The Bertz CT molecular complexity index is 381. The van der Waals surface area contributed by atoms with Crippen LogP contribution in [-0.4, -0.2) is 13.1 Å². The van der Waals surface area contributed by atoms with Gasteiger partial charge in [-0.1, -0.05) is 45.9 Å². The summed E-state index contributed by atoms with van der Waals surface area (Å²) in [5.74, 6) is 0.679. The highest BCUT2D eigenvalue weighted by atomic mass is 14.9. The van der Waals surface area contributed by atoms with Crippen LogP contribution >= 0.6 is 0 Å². The van der Waals surface area contributed by atoms with Crippen molar-refractivity contribution in [2.75, 3.05) is 13.1 Å². The molecule has 0 aliphatic carbocycles. The van der Waals surface area contributed by atoms with E-state index >= 15 is 0 Å². The largest absolute Gasteiger partial charge is 0.316 e. The van der Waals surface area contributed by atoms with E-state index in [1.807, 2.05) is 0 Å². The Morgan fingerprint density at radius 3 is 2.33 bits per heavy atom. The molecular weight excluding hydrogens is 218 g/mol. The van der Waals surface area contributed by atoms with Crippen LogP contribution in [0.5, 0.6) is 0 Å². The molecule has 0 spiro atoms. The van der Waals surface area contributed by atoms with Crippen molar-refractivity contribution >= 4 is 0 Å². The number of hydrogen-bond acceptors (Lipinski definition) is 1. The summed E-state index contributed by atoms with van der Waals surface area (Å²) < 4.78 is 0. The van der Waals surface area contributed by atoms with E-state index in [2.05, 4.69) is 65.1 Å². The Kier molecular flexibility index (Phi) is 5.40. The van der Waals surface area contributed by atoms with Crippen molar-refractivity contribution in [1.29, 1.82) is 0 Å². The molecule has 0 aromatic heterocycles.